The van der Waals surface area contributed by atoms with E-state index in [9.17, 15) is 9.59 Å². The van der Waals surface area contributed by atoms with Gasteiger partial charge in [-0.25, -0.2) is 0 Å². The van der Waals surface area contributed by atoms with Gasteiger partial charge < -0.3 is 10.4 Å². The molecule has 0 aromatic carbocycles. The van der Waals surface area contributed by atoms with E-state index < -0.39 is 5.97 Å². The van der Waals surface area contributed by atoms with Gasteiger partial charge in [0.2, 0.25) is 5.91 Å². The van der Waals surface area contributed by atoms with Crippen molar-refractivity contribution < 1.29 is 14.7 Å². The Morgan fingerprint density at radius 3 is 2.38 bits per heavy atom. The van der Waals surface area contributed by atoms with Crippen molar-refractivity contribution in [2.24, 2.45) is 5.92 Å². The quantitative estimate of drug-likeness (QED) is 0.670. The van der Waals surface area contributed by atoms with Gasteiger partial charge in [-0.15, -0.1) is 0 Å². The van der Waals surface area contributed by atoms with Crippen LogP contribution in [0.5, 0.6) is 0 Å². The average molecular weight is 229 g/mol. The third-order valence-electron chi connectivity index (χ3n) is 2.62. The van der Waals surface area contributed by atoms with Crippen LogP contribution in [0.3, 0.4) is 0 Å². The second-order valence-electron chi connectivity index (χ2n) is 4.39. The van der Waals surface area contributed by atoms with Crippen LogP contribution >= 0.6 is 0 Å². The standard InChI is InChI=1S/C12H23NO3/c1-4-5-6-9(2)12(16)13-10(3)7-8-11(14)15/h9-10H,4-8H2,1-3H3,(H,13,16)(H,14,15). The lowest BCUT2D eigenvalue weighted by Gasteiger charge is -2.16. The molecule has 0 bridgehead atoms. The van der Waals surface area contributed by atoms with Crippen LogP contribution in [0.4, 0.5) is 0 Å². The molecule has 0 aliphatic carbocycles. The van der Waals surface area contributed by atoms with E-state index in [0.29, 0.717) is 6.42 Å². The van der Waals surface area contributed by atoms with Crippen molar-refractivity contribution in [3.63, 3.8) is 0 Å². The van der Waals surface area contributed by atoms with Crippen molar-refractivity contribution in [1.29, 1.82) is 0 Å². The van der Waals surface area contributed by atoms with Crippen LogP contribution in [0.25, 0.3) is 0 Å². The highest BCUT2D eigenvalue weighted by atomic mass is 16.4. The maximum Gasteiger partial charge on any atom is 0.303 e. The summed E-state index contributed by atoms with van der Waals surface area (Å²) in [6, 6.07) is -0.0623. The lowest BCUT2D eigenvalue weighted by molar-refractivity contribution is -0.137. The van der Waals surface area contributed by atoms with Crippen LogP contribution in [0, 0.1) is 5.92 Å². The molecule has 0 aliphatic rings. The third kappa shape index (κ3) is 7.26. The molecular weight excluding hydrogens is 206 g/mol. The minimum Gasteiger partial charge on any atom is -0.481 e. The van der Waals surface area contributed by atoms with Crippen LogP contribution in [-0.2, 0) is 9.59 Å². The van der Waals surface area contributed by atoms with Crippen LogP contribution in [0.2, 0.25) is 0 Å². The predicted molar refractivity (Wildman–Crippen MR) is 63.2 cm³/mol. The molecule has 0 aromatic rings. The largest absolute Gasteiger partial charge is 0.481 e. The first kappa shape index (κ1) is 14.9. The van der Waals surface area contributed by atoms with E-state index in [0.717, 1.165) is 19.3 Å². The molecule has 0 heterocycles. The van der Waals surface area contributed by atoms with Gasteiger partial charge in [0.25, 0.3) is 0 Å². The summed E-state index contributed by atoms with van der Waals surface area (Å²) in [6.45, 7) is 5.85. The topological polar surface area (TPSA) is 66.4 Å². The number of aliphatic carboxylic acids is 1. The van der Waals surface area contributed by atoms with E-state index >= 15 is 0 Å². The maximum atomic E-state index is 11.6. The molecule has 2 N–H and O–H groups in total. The summed E-state index contributed by atoms with van der Waals surface area (Å²) in [4.78, 5) is 22.0. The second kappa shape index (κ2) is 8.13. The van der Waals surface area contributed by atoms with Gasteiger partial charge in [0, 0.05) is 18.4 Å². The lowest BCUT2D eigenvalue weighted by Crippen LogP contribution is -2.36. The normalized spacial score (nSPS) is 14.2. The van der Waals surface area contributed by atoms with Crippen molar-refractivity contribution in [3.05, 3.63) is 0 Å². The number of hydrogen-bond acceptors (Lipinski definition) is 2. The Bertz CT molecular complexity index is 228. The molecule has 0 saturated heterocycles. The van der Waals surface area contributed by atoms with E-state index in [1.807, 2.05) is 13.8 Å². The van der Waals surface area contributed by atoms with Gasteiger partial charge in [-0.3, -0.25) is 9.59 Å². The van der Waals surface area contributed by atoms with Crippen molar-refractivity contribution in [2.75, 3.05) is 0 Å². The fourth-order valence-corrected chi connectivity index (χ4v) is 1.44. The van der Waals surface area contributed by atoms with Crippen molar-refractivity contribution in [2.45, 2.75) is 58.9 Å². The number of carboxylic acids is 1. The fourth-order valence-electron chi connectivity index (χ4n) is 1.44. The summed E-state index contributed by atoms with van der Waals surface area (Å²) in [6.07, 6.45) is 3.63. The molecule has 0 spiro atoms. The van der Waals surface area contributed by atoms with Crippen LogP contribution in [0.15, 0.2) is 0 Å². The average Bonchev–Trinajstić information content (AvgIpc) is 2.22. The van der Waals surface area contributed by atoms with Crippen LogP contribution in [-0.4, -0.2) is 23.0 Å². The van der Waals surface area contributed by atoms with Gasteiger partial charge in [0.15, 0.2) is 0 Å². The minimum atomic E-state index is -0.819. The van der Waals surface area contributed by atoms with E-state index in [1.165, 1.54) is 0 Å². The second-order valence-corrected chi connectivity index (χ2v) is 4.39. The van der Waals surface area contributed by atoms with Crippen molar-refractivity contribution >= 4 is 11.9 Å². The van der Waals surface area contributed by atoms with Gasteiger partial charge in [-0.1, -0.05) is 26.7 Å². The van der Waals surface area contributed by atoms with Gasteiger partial charge in [0.05, 0.1) is 0 Å². The van der Waals surface area contributed by atoms with Gasteiger partial charge in [-0.05, 0) is 19.8 Å². The lowest BCUT2D eigenvalue weighted by atomic mass is 10.0. The highest BCUT2D eigenvalue weighted by Crippen LogP contribution is 2.08. The van der Waals surface area contributed by atoms with Gasteiger partial charge >= 0.3 is 5.97 Å². The zero-order chi connectivity index (χ0) is 12.6. The number of hydrogen-bond donors (Lipinski definition) is 2. The third-order valence-corrected chi connectivity index (χ3v) is 2.62. The Morgan fingerprint density at radius 2 is 1.88 bits per heavy atom. The zero-order valence-corrected chi connectivity index (χ0v) is 10.5. The highest BCUT2D eigenvalue weighted by molar-refractivity contribution is 5.78. The van der Waals surface area contributed by atoms with Crippen molar-refractivity contribution in [3.8, 4) is 0 Å². The van der Waals surface area contributed by atoms with Crippen LogP contribution < -0.4 is 5.32 Å². The highest BCUT2D eigenvalue weighted by Gasteiger charge is 2.14. The Hall–Kier alpha value is -1.06. The summed E-state index contributed by atoms with van der Waals surface area (Å²) < 4.78 is 0. The molecule has 0 aromatic heterocycles. The van der Waals surface area contributed by atoms with E-state index in [4.69, 9.17) is 5.11 Å². The minimum absolute atomic E-state index is 0.0206. The van der Waals surface area contributed by atoms with Crippen molar-refractivity contribution in [1.82, 2.24) is 5.32 Å². The Kier molecular flexibility index (Phi) is 7.60. The molecule has 0 radical (unpaired) electrons. The van der Waals surface area contributed by atoms with Crippen LogP contribution in [0.1, 0.15) is 52.9 Å². The SMILES string of the molecule is CCCCC(C)C(=O)NC(C)CCC(=O)O. The number of carbonyl (C=O) groups is 2. The van der Waals surface area contributed by atoms with E-state index in [-0.39, 0.29) is 24.3 Å². The number of nitrogens with one attached hydrogen (secondary N) is 1. The number of carbonyl (C=O) groups excluding carboxylic acids is 1. The van der Waals surface area contributed by atoms with Gasteiger partial charge in [-0.2, -0.15) is 0 Å². The smallest absolute Gasteiger partial charge is 0.303 e. The monoisotopic (exact) mass is 229 g/mol. The molecule has 0 saturated carbocycles. The molecule has 2 atom stereocenters. The summed E-state index contributed by atoms with van der Waals surface area (Å²) in [5, 5.41) is 11.4. The first-order valence-electron chi connectivity index (χ1n) is 5.99. The molecule has 2 unspecified atom stereocenters. The Morgan fingerprint density at radius 1 is 1.25 bits per heavy atom. The number of unbranched alkanes of at least 4 members (excludes halogenated alkanes) is 1. The molecule has 4 heteroatoms. The fraction of sp³-hybridized carbons (Fsp3) is 0.833. The molecule has 94 valence electrons. The number of amides is 1. The predicted octanol–water partition coefficient (Wildman–Crippen LogP) is 2.18. The van der Waals surface area contributed by atoms with E-state index in [1.54, 1.807) is 0 Å². The maximum absolute atomic E-state index is 11.6. The molecule has 0 aliphatic heterocycles. The molecule has 1 amide bonds. The summed E-state index contributed by atoms with van der Waals surface area (Å²) >= 11 is 0. The molecular formula is C12H23NO3. The molecule has 4 nitrogen and oxygen atoms in total. The number of carboxylic acid groups (broad SMARTS) is 1. The first-order valence-corrected chi connectivity index (χ1v) is 5.99. The summed E-state index contributed by atoms with van der Waals surface area (Å²) in [5.74, 6) is -0.765. The zero-order valence-electron chi connectivity index (χ0n) is 10.5. The van der Waals surface area contributed by atoms with E-state index in [2.05, 4.69) is 12.2 Å². The Balaban J connectivity index is 3.80. The number of rotatable bonds is 8. The summed E-state index contributed by atoms with van der Waals surface area (Å²) in [5.41, 5.74) is 0. The Labute approximate surface area is 97.4 Å². The summed E-state index contributed by atoms with van der Waals surface area (Å²) in [7, 11) is 0. The molecule has 0 fully saturated rings. The first-order chi connectivity index (χ1) is 7.47. The van der Waals surface area contributed by atoms with Gasteiger partial charge in [0.1, 0.15) is 0 Å². The molecule has 0 rings (SSSR count). The molecule has 16 heavy (non-hydrogen) atoms.